The van der Waals surface area contributed by atoms with Gasteiger partial charge in [0.2, 0.25) is 0 Å². The number of hydrogen-bond acceptors (Lipinski definition) is 3. The topological polar surface area (TPSA) is 72.2 Å². The van der Waals surface area contributed by atoms with Crippen LogP contribution in [-0.4, -0.2) is 8.42 Å². The molecule has 2 aromatic carbocycles. The van der Waals surface area contributed by atoms with Crippen molar-refractivity contribution in [2.45, 2.75) is 4.90 Å². The molecule has 2 rings (SSSR count). The van der Waals surface area contributed by atoms with Crippen molar-refractivity contribution in [3.8, 4) is 0 Å². The average molecular weight is 302 g/mol. The Morgan fingerprint density at radius 2 is 1.40 bits per heavy atom. The molecule has 0 aliphatic heterocycles. The van der Waals surface area contributed by atoms with Crippen molar-refractivity contribution >= 4 is 21.4 Å². The fraction of sp³-hybridized carbons (Fsp3) is 0. The summed E-state index contributed by atoms with van der Waals surface area (Å²) < 4.78 is 64.9. The second-order valence-electron chi connectivity index (χ2n) is 3.98. The first-order chi connectivity index (χ1) is 9.26. The number of halogens is 3. The molecule has 0 bridgehead atoms. The molecule has 3 N–H and O–H groups in total. The Morgan fingerprint density at radius 3 is 1.95 bits per heavy atom. The van der Waals surface area contributed by atoms with E-state index in [4.69, 9.17) is 5.73 Å². The van der Waals surface area contributed by atoms with Crippen LogP contribution in [0, 0.1) is 17.5 Å². The van der Waals surface area contributed by atoms with Crippen molar-refractivity contribution in [1.82, 2.24) is 0 Å². The van der Waals surface area contributed by atoms with Gasteiger partial charge in [-0.3, -0.25) is 4.72 Å². The molecule has 0 heterocycles. The van der Waals surface area contributed by atoms with Gasteiger partial charge in [-0.05, 0) is 30.3 Å². The molecule has 0 saturated heterocycles. The molecule has 0 fully saturated rings. The van der Waals surface area contributed by atoms with Crippen LogP contribution in [0.3, 0.4) is 0 Å². The Balaban J connectivity index is 2.40. The van der Waals surface area contributed by atoms with Crippen LogP contribution in [0.25, 0.3) is 0 Å². The van der Waals surface area contributed by atoms with E-state index in [2.05, 4.69) is 0 Å². The van der Waals surface area contributed by atoms with Crippen LogP contribution in [0.5, 0.6) is 0 Å². The molecular formula is C12H9F3N2O2S. The highest BCUT2D eigenvalue weighted by molar-refractivity contribution is 7.92. The summed E-state index contributed by atoms with van der Waals surface area (Å²) in [7, 11) is -4.20. The van der Waals surface area contributed by atoms with E-state index in [9.17, 15) is 21.6 Å². The molecule has 0 atom stereocenters. The number of anilines is 2. The van der Waals surface area contributed by atoms with Gasteiger partial charge < -0.3 is 5.73 Å². The molecule has 8 heteroatoms. The number of benzene rings is 2. The standard InChI is InChI=1S/C12H9F3N2O2S/c13-7-1-8(14)4-11(3-7)17-20(18,19)12-5-9(15)2-10(16)6-12/h1-6,17H,16H2. The number of nitrogens with two attached hydrogens (primary N) is 1. The fourth-order valence-electron chi connectivity index (χ4n) is 1.57. The summed E-state index contributed by atoms with van der Waals surface area (Å²) in [6.07, 6.45) is 0. The monoisotopic (exact) mass is 302 g/mol. The van der Waals surface area contributed by atoms with Crippen molar-refractivity contribution in [2.75, 3.05) is 10.5 Å². The molecule has 0 amide bonds. The van der Waals surface area contributed by atoms with Gasteiger partial charge in [0.1, 0.15) is 17.5 Å². The largest absolute Gasteiger partial charge is 0.399 e. The highest BCUT2D eigenvalue weighted by Crippen LogP contribution is 2.21. The van der Waals surface area contributed by atoms with E-state index in [1.807, 2.05) is 4.72 Å². The lowest BCUT2D eigenvalue weighted by Crippen LogP contribution is -2.14. The number of sulfonamides is 1. The highest BCUT2D eigenvalue weighted by atomic mass is 32.2. The molecule has 0 aliphatic rings. The van der Waals surface area contributed by atoms with Gasteiger partial charge in [-0.25, -0.2) is 21.6 Å². The van der Waals surface area contributed by atoms with Crippen LogP contribution in [0.4, 0.5) is 24.5 Å². The summed E-state index contributed by atoms with van der Waals surface area (Å²) in [5.74, 6) is -2.72. The molecule has 106 valence electrons. The minimum absolute atomic E-state index is 0.0872. The first kappa shape index (κ1) is 14.2. The molecule has 2 aromatic rings. The predicted molar refractivity (Wildman–Crippen MR) is 68.0 cm³/mol. The van der Waals surface area contributed by atoms with Crippen molar-refractivity contribution in [3.63, 3.8) is 0 Å². The second kappa shape index (κ2) is 5.04. The minimum atomic E-state index is -4.20. The normalized spacial score (nSPS) is 11.3. The summed E-state index contributed by atoms with van der Waals surface area (Å²) >= 11 is 0. The summed E-state index contributed by atoms with van der Waals surface area (Å²) in [5, 5.41) is 0. The number of rotatable bonds is 3. The van der Waals surface area contributed by atoms with Gasteiger partial charge >= 0.3 is 0 Å². The van der Waals surface area contributed by atoms with E-state index in [-0.39, 0.29) is 11.4 Å². The lowest BCUT2D eigenvalue weighted by Gasteiger charge is -2.09. The summed E-state index contributed by atoms with van der Waals surface area (Å²) in [4.78, 5) is -0.445. The summed E-state index contributed by atoms with van der Waals surface area (Å²) in [6.45, 7) is 0. The van der Waals surface area contributed by atoms with Gasteiger partial charge in [-0.15, -0.1) is 0 Å². The third kappa shape index (κ3) is 3.21. The Hall–Kier alpha value is -2.22. The smallest absolute Gasteiger partial charge is 0.262 e. The van der Waals surface area contributed by atoms with Gasteiger partial charge in [-0.1, -0.05) is 0 Å². The molecule has 0 aromatic heterocycles. The van der Waals surface area contributed by atoms with Gasteiger partial charge in [0.25, 0.3) is 10.0 Å². The molecule has 4 nitrogen and oxygen atoms in total. The average Bonchev–Trinajstić information content (AvgIpc) is 2.25. The second-order valence-corrected chi connectivity index (χ2v) is 5.67. The van der Waals surface area contributed by atoms with Crippen LogP contribution in [0.2, 0.25) is 0 Å². The first-order valence-electron chi connectivity index (χ1n) is 5.31. The Bertz CT molecular complexity index is 723. The molecule has 0 radical (unpaired) electrons. The first-order valence-corrected chi connectivity index (χ1v) is 6.79. The summed E-state index contributed by atoms with van der Waals surface area (Å²) in [5.41, 5.74) is 4.94. The molecular weight excluding hydrogens is 293 g/mol. The fourth-order valence-corrected chi connectivity index (χ4v) is 2.67. The van der Waals surface area contributed by atoms with Crippen molar-refractivity contribution < 1.29 is 21.6 Å². The van der Waals surface area contributed by atoms with E-state index < -0.39 is 32.4 Å². The Labute approximate surface area is 113 Å². The minimum Gasteiger partial charge on any atom is -0.399 e. The number of nitrogens with one attached hydrogen (secondary N) is 1. The van der Waals surface area contributed by atoms with Gasteiger partial charge in [0.15, 0.2) is 0 Å². The zero-order chi connectivity index (χ0) is 14.9. The SMILES string of the molecule is Nc1cc(F)cc(S(=O)(=O)Nc2cc(F)cc(F)c2)c1. The maximum absolute atomic E-state index is 13.1. The van der Waals surface area contributed by atoms with Gasteiger partial charge in [-0.2, -0.15) is 0 Å². The van der Waals surface area contributed by atoms with Gasteiger partial charge in [0, 0.05) is 11.8 Å². The maximum atomic E-state index is 13.1. The van der Waals surface area contributed by atoms with Crippen molar-refractivity contribution in [3.05, 3.63) is 53.8 Å². The zero-order valence-corrected chi connectivity index (χ0v) is 10.7. The van der Waals surface area contributed by atoms with E-state index in [0.717, 1.165) is 30.3 Å². The van der Waals surface area contributed by atoms with Crippen LogP contribution in [-0.2, 0) is 10.0 Å². The molecule has 0 unspecified atom stereocenters. The quantitative estimate of drug-likeness (QED) is 0.856. The molecule has 0 saturated carbocycles. The Morgan fingerprint density at radius 1 is 0.850 bits per heavy atom. The Kier molecular flexibility index (Phi) is 3.58. The molecule has 20 heavy (non-hydrogen) atoms. The van der Waals surface area contributed by atoms with Crippen LogP contribution in [0.1, 0.15) is 0 Å². The predicted octanol–water partition coefficient (Wildman–Crippen LogP) is 2.49. The van der Waals surface area contributed by atoms with E-state index in [1.54, 1.807) is 0 Å². The van der Waals surface area contributed by atoms with Crippen molar-refractivity contribution in [2.24, 2.45) is 0 Å². The zero-order valence-electron chi connectivity index (χ0n) is 9.90. The van der Waals surface area contributed by atoms with Crippen LogP contribution in [0.15, 0.2) is 41.3 Å². The summed E-state index contributed by atoms with van der Waals surface area (Å²) in [6, 6.07) is 4.90. The van der Waals surface area contributed by atoms with E-state index in [1.165, 1.54) is 0 Å². The highest BCUT2D eigenvalue weighted by Gasteiger charge is 2.16. The van der Waals surface area contributed by atoms with Gasteiger partial charge in [0.05, 0.1) is 10.6 Å². The lowest BCUT2D eigenvalue weighted by molar-refractivity contribution is 0.584. The van der Waals surface area contributed by atoms with Crippen molar-refractivity contribution in [1.29, 1.82) is 0 Å². The lowest BCUT2D eigenvalue weighted by atomic mass is 10.3. The molecule has 0 spiro atoms. The maximum Gasteiger partial charge on any atom is 0.262 e. The molecule has 0 aliphatic carbocycles. The van der Waals surface area contributed by atoms with E-state index in [0.29, 0.717) is 6.07 Å². The van der Waals surface area contributed by atoms with Crippen LogP contribution >= 0.6 is 0 Å². The number of hydrogen-bond donors (Lipinski definition) is 2. The third-order valence-corrected chi connectivity index (χ3v) is 3.68. The van der Waals surface area contributed by atoms with Crippen LogP contribution < -0.4 is 10.5 Å². The van der Waals surface area contributed by atoms with E-state index >= 15 is 0 Å². The third-order valence-electron chi connectivity index (χ3n) is 2.32. The number of nitrogen functional groups attached to an aromatic ring is 1.